The Morgan fingerprint density at radius 3 is 2.89 bits per heavy atom. The summed E-state index contributed by atoms with van der Waals surface area (Å²) in [5.74, 6) is 1.36. The summed E-state index contributed by atoms with van der Waals surface area (Å²) in [6.07, 6.45) is 0. The Morgan fingerprint density at radius 2 is 2.17 bits per heavy atom. The maximum Gasteiger partial charge on any atom is 0.142 e. The number of ether oxygens (including phenoxy) is 1. The number of benzene rings is 1. The predicted molar refractivity (Wildman–Crippen MR) is 72.9 cm³/mol. The molecule has 0 saturated heterocycles. The monoisotopic (exact) mass is 303 g/mol. The first-order chi connectivity index (χ1) is 8.71. The van der Waals surface area contributed by atoms with E-state index in [0.717, 1.165) is 15.9 Å². The van der Waals surface area contributed by atoms with E-state index < -0.39 is 0 Å². The van der Waals surface area contributed by atoms with E-state index in [4.69, 9.17) is 10.00 Å². The lowest BCUT2D eigenvalue weighted by Crippen LogP contribution is -1.95. The Labute approximate surface area is 113 Å². The van der Waals surface area contributed by atoms with E-state index in [2.05, 4.69) is 26.2 Å². The second-order valence-corrected chi connectivity index (χ2v) is 4.44. The van der Waals surface area contributed by atoms with Gasteiger partial charge in [0.25, 0.3) is 0 Å². The molecular formula is C13H10BrN3O. The largest absolute Gasteiger partial charge is 0.497 e. The van der Waals surface area contributed by atoms with Gasteiger partial charge in [-0.25, -0.2) is 4.98 Å². The molecule has 2 aromatic rings. The summed E-state index contributed by atoms with van der Waals surface area (Å²) in [6.45, 7) is 0. The maximum atomic E-state index is 8.79. The van der Waals surface area contributed by atoms with Crippen molar-refractivity contribution < 1.29 is 4.74 Å². The van der Waals surface area contributed by atoms with Gasteiger partial charge < -0.3 is 10.1 Å². The molecule has 0 saturated carbocycles. The number of aromatic nitrogens is 1. The van der Waals surface area contributed by atoms with Gasteiger partial charge in [-0.05, 0) is 24.3 Å². The van der Waals surface area contributed by atoms with E-state index in [1.165, 1.54) is 0 Å². The third-order valence-electron chi connectivity index (χ3n) is 2.24. The number of methoxy groups -OCH3 is 1. The van der Waals surface area contributed by atoms with Gasteiger partial charge in [-0.3, -0.25) is 0 Å². The summed E-state index contributed by atoms with van der Waals surface area (Å²) in [6, 6.07) is 12.9. The summed E-state index contributed by atoms with van der Waals surface area (Å²) in [5.41, 5.74) is 1.21. The molecule has 1 heterocycles. The molecule has 1 aromatic carbocycles. The molecule has 0 bridgehead atoms. The average molecular weight is 304 g/mol. The van der Waals surface area contributed by atoms with Crippen molar-refractivity contribution in [1.29, 1.82) is 5.26 Å². The number of anilines is 2. The lowest BCUT2D eigenvalue weighted by molar-refractivity contribution is 0.415. The third-order valence-corrected chi connectivity index (χ3v) is 2.70. The second-order valence-electron chi connectivity index (χ2n) is 3.52. The molecule has 0 radical (unpaired) electrons. The van der Waals surface area contributed by atoms with Crippen LogP contribution in [0.4, 0.5) is 11.5 Å². The molecule has 0 spiro atoms. The molecule has 18 heavy (non-hydrogen) atoms. The van der Waals surface area contributed by atoms with E-state index in [9.17, 15) is 0 Å². The van der Waals surface area contributed by atoms with Crippen LogP contribution < -0.4 is 10.1 Å². The van der Waals surface area contributed by atoms with Gasteiger partial charge in [0.2, 0.25) is 0 Å². The summed E-state index contributed by atoms with van der Waals surface area (Å²) in [7, 11) is 1.61. The average Bonchev–Trinajstić information content (AvgIpc) is 2.38. The standard InChI is InChI=1S/C13H10BrN3O/c1-18-12-6-9(14)5-11(7-12)17-13-4-2-3-10(8-15)16-13/h2-7H,1H3,(H,16,17). The molecule has 90 valence electrons. The lowest BCUT2D eigenvalue weighted by Gasteiger charge is -2.08. The van der Waals surface area contributed by atoms with Crippen LogP contribution in [0.25, 0.3) is 0 Å². The number of nitriles is 1. The maximum absolute atomic E-state index is 8.79. The molecule has 1 aromatic heterocycles. The van der Waals surface area contributed by atoms with Gasteiger partial charge in [-0.1, -0.05) is 22.0 Å². The minimum absolute atomic E-state index is 0.377. The fraction of sp³-hybridized carbons (Fsp3) is 0.0769. The predicted octanol–water partition coefficient (Wildman–Crippen LogP) is 3.47. The molecule has 4 nitrogen and oxygen atoms in total. The molecule has 0 amide bonds. The fourth-order valence-electron chi connectivity index (χ4n) is 1.47. The van der Waals surface area contributed by atoms with E-state index in [-0.39, 0.29) is 0 Å². The van der Waals surface area contributed by atoms with Crippen LogP contribution in [0.2, 0.25) is 0 Å². The van der Waals surface area contributed by atoms with Crippen molar-refractivity contribution in [2.24, 2.45) is 0 Å². The summed E-state index contributed by atoms with van der Waals surface area (Å²) in [5, 5.41) is 11.9. The molecule has 0 aliphatic carbocycles. The highest BCUT2D eigenvalue weighted by Gasteiger charge is 2.02. The SMILES string of the molecule is COc1cc(Br)cc(Nc2cccc(C#N)n2)c1. The van der Waals surface area contributed by atoms with Crippen LogP contribution in [0.1, 0.15) is 5.69 Å². The molecule has 2 rings (SSSR count). The number of hydrogen-bond acceptors (Lipinski definition) is 4. The first kappa shape index (κ1) is 12.4. The normalized spacial score (nSPS) is 9.61. The van der Waals surface area contributed by atoms with Crippen molar-refractivity contribution in [2.45, 2.75) is 0 Å². The highest BCUT2D eigenvalue weighted by atomic mass is 79.9. The molecule has 5 heteroatoms. The van der Waals surface area contributed by atoms with Gasteiger partial charge in [0.05, 0.1) is 7.11 Å². The Bertz CT molecular complexity index is 607. The van der Waals surface area contributed by atoms with Gasteiger partial charge >= 0.3 is 0 Å². The van der Waals surface area contributed by atoms with Crippen molar-refractivity contribution >= 4 is 27.4 Å². The number of nitrogens with one attached hydrogen (secondary N) is 1. The smallest absolute Gasteiger partial charge is 0.142 e. The highest BCUT2D eigenvalue weighted by Crippen LogP contribution is 2.26. The van der Waals surface area contributed by atoms with Crippen molar-refractivity contribution in [3.8, 4) is 11.8 Å². The topological polar surface area (TPSA) is 57.9 Å². The number of halogens is 1. The van der Waals surface area contributed by atoms with E-state index >= 15 is 0 Å². The van der Waals surface area contributed by atoms with Gasteiger partial charge in [0, 0.05) is 16.2 Å². The minimum atomic E-state index is 0.377. The van der Waals surface area contributed by atoms with Gasteiger partial charge in [0.1, 0.15) is 23.3 Å². The Kier molecular flexibility index (Phi) is 3.80. The highest BCUT2D eigenvalue weighted by molar-refractivity contribution is 9.10. The van der Waals surface area contributed by atoms with Crippen LogP contribution in [-0.2, 0) is 0 Å². The van der Waals surface area contributed by atoms with Gasteiger partial charge in [-0.2, -0.15) is 5.26 Å². The molecule has 1 N–H and O–H groups in total. The molecule has 0 atom stereocenters. The van der Waals surface area contributed by atoms with Crippen LogP contribution in [-0.4, -0.2) is 12.1 Å². The number of pyridine rings is 1. The van der Waals surface area contributed by atoms with Crippen molar-refractivity contribution in [1.82, 2.24) is 4.98 Å². The third kappa shape index (κ3) is 2.99. The lowest BCUT2D eigenvalue weighted by atomic mass is 10.3. The van der Waals surface area contributed by atoms with Crippen molar-refractivity contribution in [2.75, 3.05) is 12.4 Å². The molecule has 0 unspecified atom stereocenters. The molecular weight excluding hydrogens is 294 g/mol. The Hall–Kier alpha value is -2.06. The van der Waals surface area contributed by atoms with Crippen LogP contribution in [0.3, 0.4) is 0 Å². The van der Waals surface area contributed by atoms with E-state index in [1.807, 2.05) is 24.3 Å². The first-order valence-electron chi connectivity index (χ1n) is 5.20. The molecule has 0 aliphatic heterocycles. The number of hydrogen-bond donors (Lipinski definition) is 1. The summed E-state index contributed by atoms with van der Waals surface area (Å²) in [4.78, 5) is 4.14. The first-order valence-corrected chi connectivity index (χ1v) is 5.99. The minimum Gasteiger partial charge on any atom is -0.497 e. The zero-order valence-corrected chi connectivity index (χ0v) is 11.2. The number of rotatable bonds is 3. The van der Waals surface area contributed by atoms with E-state index in [0.29, 0.717) is 11.5 Å². The van der Waals surface area contributed by atoms with Crippen molar-refractivity contribution in [3.05, 3.63) is 46.6 Å². The quantitative estimate of drug-likeness (QED) is 0.943. The van der Waals surface area contributed by atoms with E-state index in [1.54, 1.807) is 25.3 Å². The van der Waals surface area contributed by atoms with Crippen LogP contribution in [0.5, 0.6) is 5.75 Å². The molecule has 0 aliphatic rings. The second kappa shape index (κ2) is 5.52. The van der Waals surface area contributed by atoms with Gasteiger partial charge in [0.15, 0.2) is 0 Å². The zero-order chi connectivity index (χ0) is 13.0. The summed E-state index contributed by atoms with van der Waals surface area (Å²) < 4.78 is 6.08. The Morgan fingerprint density at radius 1 is 1.33 bits per heavy atom. The van der Waals surface area contributed by atoms with Crippen LogP contribution in [0.15, 0.2) is 40.9 Å². The Balaban J connectivity index is 2.28. The van der Waals surface area contributed by atoms with Crippen LogP contribution in [0, 0.1) is 11.3 Å². The van der Waals surface area contributed by atoms with Crippen LogP contribution >= 0.6 is 15.9 Å². The zero-order valence-electron chi connectivity index (χ0n) is 9.64. The van der Waals surface area contributed by atoms with Gasteiger partial charge in [-0.15, -0.1) is 0 Å². The summed E-state index contributed by atoms with van der Waals surface area (Å²) >= 11 is 3.40. The van der Waals surface area contributed by atoms with Crippen molar-refractivity contribution in [3.63, 3.8) is 0 Å². The number of nitrogens with zero attached hydrogens (tertiary/aromatic N) is 2. The molecule has 0 fully saturated rings. The fourth-order valence-corrected chi connectivity index (χ4v) is 1.94.